The van der Waals surface area contributed by atoms with E-state index in [4.69, 9.17) is 35.3 Å². The second kappa shape index (κ2) is 14.1. The Hall–Kier alpha value is -3.87. The molecule has 43 heavy (non-hydrogen) atoms. The van der Waals surface area contributed by atoms with Crippen molar-refractivity contribution in [3.63, 3.8) is 0 Å². The number of aromatic nitrogens is 1. The summed E-state index contributed by atoms with van der Waals surface area (Å²) in [6.45, 7) is 4.39. The summed E-state index contributed by atoms with van der Waals surface area (Å²) in [5, 5.41) is 0.462. The van der Waals surface area contributed by atoms with Crippen LogP contribution in [0.2, 0.25) is 5.02 Å². The molecule has 0 radical (unpaired) electrons. The number of ether oxygens (including phenoxy) is 5. The monoisotopic (exact) mass is 633 g/mol. The molecule has 5 atom stereocenters. The first kappa shape index (κ1) is 32.1. The van der Waals surface area contributed by atoms with Crippen molar-refractivity contribution < 1.29 is 47.3 Å². The molecule has 1 aromatic carbocycles. The van der Waals surface area contributed by atoms with Crippen LogP contribution in [-0.4, -0.2) is 59.9 Å². The molecule has 1 aliphatic rings. The van der Waals surface area contributed by atoms with Crippen LogP contribution in [-0.2, 0) is 49.3 Å². The number of hydrogen-bond donors (Lipinski definition) is 0. The average molecular weight is 634 g/mol. The Morgan fingerprint density at radius 1 is 0.884 bits per heavy atom. The quantitative estimate of drug-likeness (QED) is 0.235. The summed E-state index contributed by atoms with van der Waals surface area (Å²) in [6.07, 6.45) is -4.29. The SMILES string of the molecule is CC(=O)OC[C@H]1O[C@@H](c2ccc(Cl)c(Cc3ccc(-c4ccc(F)cn4)s3)c2)[C@@H](OC(C)=O)[C@@H](OC(C)=O)[C@@H]1OC(C)=O. The highest BCUT2D eigenvalue weighted by Gasteiger charge is 2.52. The van der Waals surface area contributed by atoms with Gasteiger partial charge in [-0.25, -0.2) is 4.39 Å². The normalized spacial score (nSPS) is 21.5. The number of nitrogens with zero attached hydrogens (tertiary/aromatic N) is 1. The Bertz CT molecular complexity index is 1490. The van der Waals surface area contributed by atoms with Crippen molar-refractivity contribution in [1.29, 1.82) is 0 Å². The van der Waals surface area contributed by atoms with E-state index in [1.807, 2.05) is 12.1 Å². The number of halogens is 2. The van der Waals surface area contributed by atoms with Crippen LogP contribution in [0, 0.1) is 5.82 Å². The first-order chi connectivity index (χ1) is 20.4. The maximum absolute atomic E-state index is 13.3. The van der Waals surface area contributed by atoms with Crippen LogP contribution < -0.4 is 0 Å². The molecule has 228 valence electrons. The molecule has 0 N–H and O–H groups in total. The van der Waals surface area contributed by atoms with Gasteiger partial charge in [0.2, 0.25) is 0 Å². The van der Waals surface area contributed by atoms with E-state index >= 15 is 0 Å². The van der Waals surface area contributed by atoms with Crippen LogP contribution in [0.4, 0.5) is 4.39 Å². The minimum atomic E-state index is -1.29. The Morgan fingerprint density at radius 3 is 2.19 bits per heavy atom. The van der Waals surface area contributed by atoms with Gasteiger partial charge in [0.05, 0.1) is 16.8 Å². The van der Waals surface area contributed by atoms with Crippen LogP contribution in [0.15, 0.2) is 48.7 Å². The summed E-state index contributed by atoms with van der Waals surface area (Å²) in [7, 11) is 0. The van der Waals surface area contributed by atoms with Gasteiger partial charge >= 0.3 is 23.9 Å². The van der Waals surface area contributed by atoms with E-state index < -0.39 is 60.2 Å². The molecule has 0 spiro atoms. The second-order valence-corrected chi connectivity index (χ2v) is 11.4. The number of thiophene rings is 1. The van der Waals surface area contributed by atoms with Crippen LogP contribution in [0.25, 0.3) is 10.6 Å². The van der Waals surface area contributed by atoms with Gasteiger partial charge in [-0.3, -0.25) is 24.2 Å². The summed E-state index contributed by atoms with van der Waals surface area (Å²) in [5.41, 5.74) is 1.87. The molecule has 10 nitrogen and oxygen atoms in total. The smallest absolute Gasteiger partial charge is 0.303 e. The third-order valence-electron chi connectivity index (χ3n) is 6.40. The fourth-order valence-electron chi connectivity index (χ4n) is 4.72. The van der Waals surface area contributed by atoms with E-state index in [-0.39, 0.29) is 6.61 Å². The molecule has 3 aromatic rings. The predicted molar refractivity (Wildman–Crippen MR) is 153 cm³/mol. The molecule has 0 unspecified atom stereocenters. The fourth-order valence-corrected chi connectivity index (χ4v) is 5.92. The molecular formula is C30H29ClFNO9S. The minimum Gasteiger partial charge on any atom is -0.463 e. The van der Waals surface area contributed by atoms with Gasteiger partial charge in [-0.05, 0) is 41.5 Å². The Kier molecular flexibility index (Phi) is 10.5. The van der Waals surface area contributed by atoms with E-state index in [0.717, 1.165) is 22.9 Å². The zero-order chi connectivity index (χ0) is 31.3. The standard InChI is InChI=1S/C30H29ClFNO9S/c1-15(34)38-14-25-28(39-16(2)35)30(41-18(4)37)29(40-17(3)36)27(42-25)19-5-8-23(31)20(11-19)12-22-7-10-26(43-22)24-9-6-21(32)13-33-24/h5-11,13,25,27-30H,12,14H2,1-4H3/t25-,27+,28-,29-,30+/m1/s1. The third-order valence-corrected chi connectivity index (χ3v) is 7.87. The molecule has 3 heterocycles. The van der Waals surface area contributed by atoms with Crippen molar-refractivity contribution in [3.8, 4) is 10.6 Å². The topological polar surface area (TPSA) is 127 Å². The molecule has 0 saturated carbocycles. The maximum Gasteiger partial charge on any atom is 0.303 e. The lowest BCUT2D eigenvalue weighted by Gasteiger charge is -2.44. The average Bonchev–Trinajstić information content (AvgIpc) is 3.39. The third kappa shape index (κ3) is 8.37. The van der Waals surface area contributed by atoms with Gasteiger partial charge in [0.15, 0.2) is 18.3 Å². The Labute approximate surface area is 256 Å². The van der Waals surface area contributed by atoms with Crippen LogP contribution in [0.3, 0.4) is 0 Å². The van der Waals surface area contributed by atoms with Gasteiger partial charge < -0.3 is 23.7 Å². The molecule has 0 aliphatic carbocycles. The first-order valence-corrected chi connectivity index (χ1v) is 14.4. The van der Waals surface area contributed by atoms with Crippen LogP contribution in [0.5, 0.6) is 0 Å². The van der Waals surface area contributed by atoms with Crippen molar-refractivity contribution in [2.24, 2.45) is 0 Å². The molecule has 4 rings (SSSR count). The second-order valence-electron chi connectivity index (χ2n) is 9.78. The Morgan fingerprint density at radius 2 is 1.56 bits per heavy atom. The summed E-state index contributed by atoms with van der Waals surface area (Å²) >= 11 is 8.05. The summed E-state index contributed by atoms with van der Waals surface area (Å²) < 4.78 is 41.3. The van der Waals surface area contributed by atoms with Crippen molar-refractivity contribution in [1.82, 2.24) is 4.98 Å². The number of esters is 4. The number of carbonyl (C=O) groups excluding carboxylic acids is 4. The molecular weight excluding hydrogens is 605 g/mol. The number of benzene rings is 1. The highest BCUT2D eigenvalue weighted by Crippen LogP contribution is 2.39. The summed E-state index contributed by atoms with van der Waals surface area (Å²) in [6, 6.07) is 11.9. The number of carbonyl (C=O) groups is 4. The zero-order valence-electron chi connectivity index (χ0n) is 23.7. The number of hydrogen-bond acceptors (Lipinski definition) is 11. The maximum atomic E-state index is 13.3. The van der Waals surface area contributed by atoms with Crippen molar-refractivity contribution in [2.75, 3.05) is 6.61 Å². The molecule has 1 aliphatic heterocycles. The van der Waals surface area contributed by atoms with E-state index in [2.05, 4.69) is 4.98 Å². The largest absolute Gasteiger partial charge is 0.463 e. The lowest BCUT2D eigenvalue weighted by atomic mass is 9.89. The van der Waals surface area contributed by atoms with Gasteiger partial charge in [-0.2, -0.15) is 0 Å². The first-order valence-electron chi connectivity index (χ1n) is 13.2. The summed E-state index contributed by atoms with van der Waals surface area (Å²) in [5.74, 6) is -3.14. The minimum absolute atomic E-state index is 0.329. The molecule has 2 aromatic heterocycles. The number of pyridine rings is 1. The van der Waals surface area contributed by atoms with Gasteiger partial charge in [-0.15, -0.1) is 11.3 Å². The van der Waals surface area contributed by atoms with Crippen molar-refractivity contribution in [2.45, 2.75) is 64.6 Å². The van der Waals surface area contributed by atoms with E-state index in [9.17, 15) is 23.6 Å². The predicted octanol–water partition coefficient (Wildman–Crippen LogP) is 4.99. The fraction of sp³-hybridized carbons (Fsp3) is 0.367. The number of rotatable bonds is 9. The van der Waals surface area contributed by atoms with E-state index in [1.165, 1.54) is 38.2 Å². The molecule has 1 fully saturated rings. The summed E-state index contributed by atoms with van der Waals surface area (Å²) in [4.78, 5) is 53.9. The Balaban J connectivity index is 1.70. The lowest BCUT2D eigenvalue weighted by molar-refractivity contribution is -0.254. The van der Waals surface area contributed by atoms with Crippen LogP contribution in [0.1, 0.15) is 49.8 Å². The lowest BCUT2D eigenvalue weighted by Crippen LogP contribution is -2.59. The highest BCUT2D eigenvalue weighted by molar-refractivity contribution is 7.15. The van der Waals surface area contributed by atoms with Gasteiger partial charge in [0.25, 0.3) is 0 Å². The van der Waals surface area contributed by atoms with Crippen LogP contribution >= 0.6 is 22.9 Å². The van der Waals surface area contributed by atoms with Crippen molar-refractivity contribution >= 4 is 46.8 Å². The van der Waals surface area contributed by atoms with Gasteiger partial charge in [-0.1, -0.05) is 23.7 Å². The van der Waals surface area contributed by atoms with E-state index in [1.54, 1.807) is 24.3 Å². The highest BCUT2D eigenvalue weighted by atomic mass is 35.5. The molecule has 13 heteroatoms. The molecule has 0 amide bonds. The molecule has 0 bridgehead atoms. The van der Waals surface area contributed by atoms with E-state index in [0.29, 0.717) is 28.3 Å². The zero-order valence-corrected chi connectivity index (χ0v) is 25.3. The van der Waals surface area contributed by atoms with Gasteiger partial charge in [0, 0.05) is 44.0 Å². The van der Waals surface area contributed by atoms with Gasteiger partial charge in [0.1, 0.15) is 24.6 Å². The van der Waals surface area contributed by atoms with Crippen molar-refractivity contribution in [3.05, 3.63) is 75.5 Å². The molecule has 1 saturated heterocycles.